The molecule has 4 fully saturated rings. The van der Waals surface area contributed by atoms with Crippen LogP contribution >= 0.6 is 0 Å². The zero-order chi connectivity index (χ0) is 35.3. The number of hydrogen-bond acceptors (Lipinski definition) is 9. The van der Waals surface area contributed by atoms with Gasteiger partial charge < -0.3 is 20.7 Å². The van der Waals surface area contributed by atoms with Crippen LogP contribution in [0.2, 0.25) is 0 Å². The van der Waals surface area contributed by atoms with Crippen molar-refractivity contribution in [2.75, 3.05) is 6.54 Å². The van der Waals surface area contributed by atoms with Gasteiger partial charge in [-0.1, -0.05) is 55.3 Å². The van der Waals surface area contributed by atoms with Crippen molar-refractivity contribution in [2.24, 2.45) is 11.7 Å². The lowest BCUT2D eigenvalue weighted by atomic mass is 10.0. The number of fused-ring (bicyclic) bond motifs is 3. The van der Waals surface area contributed by atoms with Crippen LogP contribution in [0.5, 0.6) is 5.88 Å². The summed E-state index contributed by atoms with van der Waals surface area (Å²) >= 11 is 0. The van der Waals surface area contributed by atoms with Crippen molar-refractivity contribution in [3.05, 3.63) is 54.6 Å². The van der Waals surface area contributed by atoms with Crippen LogP contribution in [0.4, 0.5) is 8.78 Å². The fourth-order valence-electron chi connectivity index (χ4n) is 7.16. The number of amides is 3. The van der Waals surface area contributed by atoms with Gasteiger partial charge in [0.2, 0.25) is 33.6 Å². The van der Waals surface area contributed by atoms with Crippen LogP contribution in [-0.4, -0.2) is 82.5 Å². The van der Waals surface area contributed by atoms with Gasteiger partial charge in [0.05, 0.1) is 28.9 Å². The second kappa shape index (κ2) is 13.1. The third-order valence-corrected chi connectivity index (χ3v) is 12.0. The van der Waals surface area contributed by atoms with Crippen molar-refractivity contribution in [3.63, 3.8) is 0 Å². The van der Waals surface area contributed by atoms with Crippen molar-refractivity contribution in [1.82, 2.24) is 24.9 Å². The second-order valence-corrected chi connectivity index (χ2v) is 16.0. The highest BCUT2D eigenvalue weighted by atomic mass is 32.2. The molecule has 15 heteroatoms. The summed E-state index contributed by atoms with van der Waals surface area (Å²) in [6.45, 7) is -0.0376. The lowest BCUT2D eigenvalue weighted by Crippen LogP contribution is -2.58. The van der Waals surface area contributed by atoms with Crippen LogP contribution in [0, 0.1) is 5.92 Å². The summed E-state index contributed by atoms with van der Waals surface area (Å²) in [5, 5.41) is 1.91. The first-order valence-electron chi connectivity index (χ1n) is 17.2. The average molecular weight is 711 g/mol. The van der Waals surface area contributed by atoms with Crippen molar-refractivity contribution in [2.45, 2.75) is 99.1 Å². The average Bonchev–Trinajstić information content (AvgIpc) is 4.01. The van der Waals surface area contributed by atoms with E-state index in [4.69, 9.17) is 20.4 Å². The number of benzene rings is 2. The number of nitrogens with two attached hydrogens (primary N) is 1. The van der Waals surface area contributed by atoms with Gasteiger partial charge in [0.25, 0.3) is 5.91 Å². The smallest absolute Gasteiger partial charge is 0.259 e. The number of hydrogen-bond donors (Lipinski definition) is 3. The van der Waals surface area contributed by atoms with E-state index in [1.54, 1.807) is 6.07 Å². The van der Waals surface area contributed by atoms with Crippen molar-refractivity contribution < 1.29 is 36.3 Å². The monoisotopic (exact) mass is 710 g/mol. The molecule has 2 aromatic carbocycles. The van der Waals surface area contributed by atoms with Gasteiger partial charge in [0, 0.05) is 24.8 Å². The molecule has 3 aromatic rings. The van der Waals surface area contributed by atoms with Crippen molar-refractivity contribution in [3.8, 4) is 17.1 Å². The molecule has 7 rings (SSSR count). The largest absolute Gasteiger partial charge is 0.471 e. The number of alkyl halides is 2. The molecule has 4 aliphatic rings. The number of halogens is 2. The fraction of sp³-hybridized carbons (Fsp3) is 0.514. The van der Waals surface area contributed by atoms with Gasteiger partial charge in [-0.3, -0.25) is 19.1 Å². The number of nitrogens with one attached hydrogen (secondary N) is 2. The highest BCUT2D eigenvalue weighted by Gasteiger charge is 2.65. The topological polar surface area (TPSA) is 174 Å². The number of carbonyl (C=O) groups is 3. The predicted molar refractivity (Wildman–Crippen MR) is 179 cm³/mol. The third kappa shape index (κ3) is 7.02. The van der Waals surface area contributed by atoms with Crippen LogP contribution in [-0.2, 0) is 24.4 Å². The van der Waals surface area contributed by atoms with E-state index >= 15 is 8.78 Å². The molecular weight excluding hydrogens is 670 g/mol. The number of rotatable bonds is 6. The van der Waals surface area contributed by atoms with E-state index < -0.39 is 81.4 Å². The lowest BCUT2D eigenvalue weighted by Gasteiger charge is -2.28. The maximum atomic E-state index is 15.1. The first kappa shape index (κ1) is 34.2. The van der Waals surface area contributed by atoms with Crippen LogP contribution in [0.1, 0.15) is 64.2 Å². The molecule has 0 unspecified atom stereocenters. The Bertz CT molecular complexity index is 1910. The molecule has 2 aliphatic heterocycles. The molecule has 2 aliphatic carbocycles. The molecule has 0 radical (unpaired) electrons. The summed E-state index contributed by atoms with van der Waals surface area (Å²) in [6.07, 6.45) is -0.00449. The first-order valence-corrected chi connectivity index (χ1v) is 18.7. The Morgan fingerprint density at radius 1 is 0.960 bits per heavy atom. The number of carbonyl (C=O) groups excluding carboxylic acids is 3. The molecule has 3 amide bonds. The van der Waals surface area contributed by atoms with Crippen molar-refractivity contribution >= 4 is 38.8 Å². The van der Waals surface area contributed by atoms with Gasteiger partial charge in [-0.25, -0.2) is 27.2 Å². The Labute approximate surface area is 288 Å². The molecule has 4 N–H and O–H groups in total. The molecule has 3 heterocycles. The Morgan fingerprint density at radius 3 is 2.38 bits per heavy atom. The van der Waals surface area contributed by atoms with Gasteiger partial charge in [0.1, 0.15) is 23.4 Å². The number of para-hydroxylation sites is 2. The maximum absolute atomic E-state index is 15.1. The summed E-state index contributed by atoms with van der Waals surface area (Å²) in [6, 6.07) is 14.4. The van der Waals surface area contributed by atoms with E-state index in [9.17, 15) is 22.8 Å². The number of aromatic nitrogens is 2. The molecule has 5 atom stereocenters. The van der Waals surface area contributed by atoms with Gasteiger partial charge in [-0.15, -0.1) is 0 Å². The molecule has 0 spiro atoms. The van der Waals surface area contributed by atoms with Crippen molar-refractivity contribution in [1.29, 1.82) is 0 Å². The number of ether oxygens (including phenoxy) is 1. The molecule has 266 valence electrons. The summed E-state index contributed by atoms with van der Waals surface area (Å²) in [4.78, 5) is 52.3. The van der Waals surface area contributed by atoms with Crippen LogP contribution in [0.15, 0.2) is 54.6 Å². The van der Waals surface area contributed by atoms with Gasteiger partial charge in [0.15, 0.2) is 0 Å². The zero-order valence-electron chi connectivity index (χ0n) is 27.4. The Hall–Kier alpha value is -4.24. The van der Waals surface area contributed by atoms with E-state index in [0.29, 0.717) is 42.4 Å². The van der Waals surface area contributed by atoms with Gasteiger partial charge >= 0.3 is 0 Å². The Morgan fingerprint density at radius 2 is 1.66 bits per heavy atom. The highest BCUT2D eigenvalue weighted by molar-refractivity contribution is 7.91. The van der Waals surface area contributed by atoms with E-state index in [0.717, 1.165) is 5.56 Å². The molecular formula is C35H40F2N6O6S. The van der Waals surface area contributed by atoms with Crippen LogP contribution < -0.4 is 20.5 Å². The first-order chi connectivity index (χ1) is 23.8. The fourth-order valence-corrected chi connectivity index (χ4v) is 8.52. The maximum Gasteiger partial charge on any atom is 0.259 e. The zero-order valence-corrected chi connectivity index (χ0v) is 28.2. The summed E-state index contributed by atoms with van der Waals surface area (Å²) in [5.74, 6) is -6.26. The van der Waals surface area contributed by atoms with E-state index in [1.807, 2.05) is 53.3 Å². The van der Waals surface area contributed by atoms with Gasteiger partial charge in [-0.2, -0.15) is 0 Å². The summed E-state index contributed by atoms with van der Waals surface area (Å²) < 4.78 is 64.2. The third-order valence-electron chi connectivity index (χ3n) is 10.2. The number of nitrogens with zero attached hydrogens (tertiary/aromatic N) is 3. The summed E-state index contributed by atoms with van der Waals surface area (Å²) in [5.41, 5.74) is 6.89. The predicted octanol–water partition coefficient (Wildman–Crippen LogP) is 3.45. The molecule has 0 bridgehead atoms. The van der Waals surface area contributed by atoms with E-state index in [2.05, 4.69) is 5.32 Å². The molecule has 12 nitrogen and oxygen atoms in total. The second-order valence-electron chi connectivity index (χ2n) is 14.0. The lowest BCUT2D eigenvalue weighted by molar-refractivity contribution is -0.140. The molecule has 2 saturated heterocycles. The molecule has 2 saturated carbocycles. The molecule has 50 heavy (non-hydrogen) atoms. The SMILES string of the molecule is N[C@H]1CCCCCC(F)(F)C[C@@H]2C[C@@]2(C(=O)NS(=O)(=O)C2CC2)NC(=O)[C@@H]2C[C@@H](Oc3nc4ccccc4nc3-c3ccccc3)CN2C1=O. The van der Waals surface area contributed by atoms with E-state index in [1.165, 1.54) is 4.90 Å². The van der Waals surface area contributed by atoms with Gasteiger partial charge in [-0.05, 0) is 50.2 Å². The Balaban J connectivity index is 1.20. The van der Waals surface area contributed by atoms with E-state index in [-0.39, 0.29) is 38.1 Å². The Kier molecular flexibility index (Phi) is 8.99. The van der Waals surface area contributed by atoms with Crippen LogP contribution in [0.3, 0.4) is 0 Å². The highest BCUT2D eigenvalue weighted by Crippen LogP contribution is 2.51. The number of sulfonamides is 1. The minimum atomic E-state index is -4.03. The molecule has 1 aromatic heterocycles. The minimum absolute atomic E-state index is 0.0219. The van der Waals surface area contributed by atoms with Crippen LogP contribution in [0.25, 0.3) is 22.3 Å². The standard InChI is InChI=1S/C35H40F2N6O6S/c36-34(37)16-8-2-5-11-25(38)32(45)43-20-23(49-31-29(21-9-3-1-4-10-21)39-26-12-6-7-13-27(26)40-31)17-28(43)30(44)41-35(19-22(35)18-34)33(46)42-50(47,48)24-14-15-24/h1,3-4,6-7,9-10,12-13,22-25,28H,2,5,8,11,14-20,38H2,(H,41,44)(H,42,46)/t22-,23-,25+,28+,35-/m1/s1. The normalized spacial score (nSPS) is 28.8. The minimum Gasteiger partial charge on any atom is -0.471 e. The quantitative estimate of drug-likeness (QED) is 0.346. The summed E-state index contributed by atoms with van der Waals surface area (Å²) in [7, 11) is -4.03.